The summed E-state index contributed by atoms with van der Waals surface area (Å²) in [6, 6.07) is 3.05. The van der Waals surface area contributed by atoms with Crippen LogP contribution < -0.4 is 11.1 Å². The van der Waals surface area contributed by atoms with E-state index in [1.165, 1.54) is 44.9 Å². The molecule has 0 aliphatic heterocycles. The standard InChI is InChI=1S/C15H23N5/c16-10-13-14(17)20(12-8-4-5-9-12)19-15(13)18-11-6-2-1-3-7-11/h11-12H,1-9,17H2,(H,18,19). The predicted molar refractivity (Wildman–Crippen MR) is 79.4 cm³/mol. The SMILES string of the molecule is N#Cc1c(NC2CCCCC2)nn(C2CCCC2)c1N. The third-order valence-electron chi connectivity index (χ3n) is 4.68. The first-order valence-corrected chi connectivity index (χ1v) is 7.84. The summed E-state index contributed by atoms with van der Waals surface area (Å²) >= 11 is 0. The molecule has 0 spiro atoms. The van der Waals surface area contributed by atoms with Gasteiger partial charge in [-0.05, 0) is 25.7 Å². The van der Waals surface area contributed by atoms with Gasteiger partial charge in [-0.25, -0.2) is 4.68 Å². The number of nitrogen functional groups attached to an aromatic ring is 1. The maximum absolute atomic E-state index is 9.36. The monoisotopic (exact) mass is 273 g/mol. The number of nitrogens with two attached hydrogens (primary N) is 1. The molecule has 2 fully saturated rings. The Morgan fingerprint density at radius 3 is 2.40 bits per heavy atom. The van der Waals surface area contributed by atoms with Gasteiger partial charge in [0.25, 0.3) is 0 Å². The van der Waals surface area contributed by atoms with E-state index in [-0.39, 0.29) is 0 Å². The lowest BCUT2D eigenvalue weighted by Gasteiger charge is -2.22. The fraction of sp³-hybridized carbons (Fsp3) is 0.733. The topological polar surface area (TPSA) is 79.7 Å². The minimum Gasteiger partial charge on any atom is -0.383 e. The molecule has 5 heteroatoms. The first-order valence-electron chi connectivity index (χ1n) is 7.84. The molecular formula is C15H23N5. The van der Waals surface area contributed by atoms with Crippen molar-refractivity contribution in [3.63, 3.8) is 0 Å². The van der Waals surface area contributed by atoms with Gasteiger partial charge in [-0.15, -0.1) is 0 Å². The normalized spacial score (nSPS) is 20.9. The van der Waals surface area contributed by atoms with Crippen LogP contribution in [0.3, 0.4) is 0 Å². The molecule has 108 valence electrons. The molecule has 2 saturated carbocycles. The third kappa shape index (κ3) is 2.47. The first kappa shape index (κ1) is 13.3. The molecule has 0 radical (unpaired) electrons. The molecule has 0 amide bonds. The van der Waals surface area contributed by atoms with E-state index in [0.717, 1.165) is 12.8 Å². The smallest absolute Gasteiger partial charge is 0.168 e. The number of aromatic nitrogens is 2. The molecule has 5 nitrogen and oxygen atoms in total. The molecular weight excluding hydrogens is 250 g/mol. The molecule has 2 aliphatic carbocycles. The van der Waals surface area contributed by atoms with Gasteiger partial charge in [0, 0.05) is 6.04 Å². The van der Waals surface area contributed by atoms with E-state index in [9.17, 15) is 5.26 Å². The van der Waals surface area contributed by atoms with E-state index >= 15 is 0 Å². The van der Waals surface area contributed by atoms with Crippen molar-refractivity contribution < 1.29 is 0 Å². The molecule has 3 rings (SSSR count). The Hall–Kier alpha value is -1.70. The minimum atomic E-state index is 0.379. The lowest BCUT2D eigenvalue weighted by molar-refractivity contribution is 0.455. The van der Waals surface area contributed by atoms with Crippen molar-refractivity contribution in [3.8, 4) is 6.07 Å². The van der Waals surface area contributed by atoms with Crippen LogP contribution in [0, 0.1) is 11.3 Å². The summed E-state index contributed by atoms with van der Waals surface area (Å²) in [4.78, 5) is 0. The minimum absolute atomic E-state index is 0.379. The molecule has 1 heterocycles. The molecule has 3 N–H and O–H groups in total. The second-order valence-corrected chi connectivity index (χ2v) is 6.08. The van der Waals surface area contributed by atoms with Crippen LogP contribution in [0.25, 0.3) is 0 Å². The highest BCUT2D eigenvalue weighted by molar-refractivity contribution is 5.64. The second-order valence-electron chi connectivity index (χ2n) is 6.08. The summed E-state index contributed by atoms with van der Waals surface area (Å²) in [6.45, 7) is 0. The van der Waals surface area contributed by atoms with Gasteiger partial charge in [-0.3, -0.25) is 0 Å². The van der Waals surface area contributed by atoms with Gasteiger partial charge in [-0.2, -0.15) is 10.4 Å². The van der Waals surface area contributed by atoms with Crippen LogP contribution in [-0.4, -0.2) is 15.8 Å². The zero-order chi connectivity index (χ0) is 13.9. The summed E-state index contributed by atoms with van der Waals surface area (Å²) in [6.07, 6.45) is 10.9. The Labute approximate surface area is 120 Å². The van der Waals surface area contributed by atoms with Gasteiger partial charge in [0.2, 0.25) is 0 Å². The highest BCUT2D eigenvalue weighted by atomic mass is 15.4. The van der Waals surface area contributed by atoms with Crippen LogP contribution in [0.1, 0.15) is 69.4 Å². The highest BCUT2D eigenvalue weighted by Crippen LogP contribution is 2.34. The Balaban J connectivity index is 1.82. The number of anilines is 2. The lowest BCUT2D eigenvalue weighted by atomic mass is 9.95. The van der Waals surface area contributed by atoms with Gasteiger partial charge in [0.05, 0.1) is 6.04 Å². The average molecular weight is 273 g/mol. The van der Waals surface area contributed by atoms with Gasteiger partial charge in [-0.1, -0.05) is 32.1 Å². The van der Waals surface area contributed by atoms with Crippen molar-refractivity contribution in [1.82, 2.24) is 9.78 Å². The van der Waals surface area contributed by atoms with Crippen molar-refractivity contribution >= 4 is 11.6 Å². The predicted octanol–water partition coefficient (Wildman–Crippen LogP) is 3.20. The summed E-state index contributed by atoms with van der Waals surface area (Å²) < 4.78 is 1.89. The molecule has 0 atom stereocenters. The second kappa shape index (κ2) is 5.74. The van der Waals surface area contributed by atoms with Gasteiger partial charge < -0.3 is 11.1 Å². The van der Waals surface area contributed by atoms with Gasteiger partial charge in [0.1, 0.15) is 17.5 Å². The van der Waals surface area contributed by atoms with Crippen molar-refractivity contribution in [3.05, 3.63) is 5.56 Å². The largest absolute Gasteiger partial charge is 0.383 e. The summed E-state index contributed by atoms with van der Waals surface area (Å²) in [7, 11) is 0. The summed E-state index contributed by atoms with van der Waals surface area (Å²) in [5, 5.41) is 17.4. The van der Waals surface area contributed by atoms with Crippen LogP contribution >= 0.6 is 0 Å². The maximum Gasteiger partial charge on any atom is 0.168 e. The van der Waals surface area contributed by atoms with E-state index < -0.39 is 0 Å². The van der Waals surface area contributed by atoms with Gasteiger partial charge >= 0.3 is 0 Å². The van der Waals surface area contributed by atoms with Crippen LogP contribution in [0.15, 0.2) is 0 Å². The first-order chi connectivity index (χ1) is 9.79. The zero-order valence-corrected chi connectivity index (χ0v) is 11.9. The molecule has 0 unspecified atom stereocenters. The fourth-order valence-electron chi connectivity index (χ4n) is 3.53. The van der Waals surface area contributed by atoms with E-state index in [1.54, 1.807) is 0 Å². The molecule has 0 aromatic carbocycles. The molecule has 20 heavy (non-hydrogen) atoms. The van der Waals surface area contributed by atoms with Crippen molar-refractivity contribution in [2.45, 2.75) is 69.9 Å². The van der Waals surface area contributed by atoms with E-state index in [0.29, 0.717) is 29.3 Å². The highest BCUT2D eigenvalue weighted by Gasteiger charge is 2.25. The Bertz CT molecular complexity index is 501. The van der Waals surface area contributed by atoms with Crippen molar-refractivity contribution in [2.75, 3.05) is 11.1 Å². The van der Waals surface area contributed by atoms with E-state index in [1.807, 2.05) is 4.68 Å². The molecule has 1 aromatic heterocycles. The number of rotatable bonds is 3. The van der Waals surface area contributed by atoms with Crippen LogP contribution in [-0.2, 0) is 0 Å². The number of hydrogen-bond donors (Lipinski definition) is 2. The van der Waals surface area contributed by atoms with Crippen LogP contribution in [0.2, 0.25) is 0 Å². The van der Waals surface area contributed by atoms with Crippen LogP contribution in [0.4, 0.5) is 11.6 Å². The molecule has 1 aromatic rings. The molecule has 2 aliphatic rings. The number of hydrogen-bond acceptors (Lipinski definition) is 4. The lowest BCUT2D eigenvalue weighted by Crippen LogP contribution is -2.23. The van der Waals surface area contributed by atoms with Crippen molar-refractivity contribution in [1.29, 1.82) is 5.26 Å². The van der Waals surface area contributed by atoms with E-state index in [4.69, 9.17) is 5.73 Å². The Morgan fingerprint density at radius 2 is 1.75 bits per heavy atom. The van der Waals surface area contributed by atoms with Crippen molar-refractivity contribution in [2.24, 2.45) is 0 Å². The van der Waals surface area contributed by atoms with Crippen LogP contribution in [0.5, 0.6) is 0 Å². The summed E-state index contributed by atoms with van der Waals surface area (Å²) in [5.74, 6) is 1.24. The Kier molecular flexibility index (Phi) is 3.81. The number of nitrogens with one attached hydrogen (secondary N) is 1. The number of nitrogens with zero attached hydrogens (tertiary/aromatic N) is 3. The Morgan fingerprint density at radius 1 is 1.10 bits per heavy atom. The van der Waals surface area contributed by atoms with Gasteiger partial charge in [0.15, 0.2) is 5.82 Å². The maximum atomic E-state index is 9.36. The zero-order valence-electron chi connectivity index (χ0n) is 11.9. The molecule has 0 saturated heterocycles. The molecule has 0 bridgehead atoms. The van der Waals surface area contributed by atoms with E-state index in [2.05, 4.69) is 16.5 Å². The fourth-order valence-corrected chi connectivity index (χ4v) is 3.53. The average Bonchev–Trinajstić information content (AvgIpc) is 3.08. The quantitative estimate of drug-likeness (QED) is 0.886. The third-order valence-corrected chi connectivity index (χ3v) is 4.68. The summed E-state index contributed by atoms with van der Waals surface area (Å²) in [5.41, 5.74) is 6.67. The number of nitriles is 1.